The molecule has 74 valence electrons. The molecule has 0 amide bonds. The minimum Gasteiger partial charge on any atom is -0.306 e. The van der Waals surface area contributed by atoms with Crippen LogP contribution >= 0.6 is 0 Å². The Morgan fingerprint density at radius 3 is 1.67 bits per heavy atom. The molecule has 1 heteroatoms. The van der Waals surface area contributed by atoms with Gasteiger partial charge in [-0.05, 0) is 31.3 Å². The summed E-state index contributed by atoms with van der Waals surface area (Å²) in [5.74, 6) is 2.45. The summed E-state index contributed by atoms with van der Waals surface area (Å²) in [6.45, 7) is 13.9. The monoisotopic (exact) mass is 171 g/mol. The lowest BCUT2D eigenvalue weighted by Crippen LogP contribution is -2.31. The average molecular weight is 171 g/mol. The zero-order valence-corrected chi connectivity index (χ0v) is 9.59. The maximum atomic E-state index is 2.41. The molecule has 0 radical (unpaired) electrons. The molecule has 0 aliphatic rings. The summed E-state index contributed by atoms with van der Waals surface area (Å²) < 4.78 is 0. The third kappa shape index (κ3) is 4.10. The molecule has 0 spiro atoms. The van der Waals surface area contributed by atoms with E-state index in [4.69, 9.17) is 0 Å². The standard InChI is InChI=1S/C11H25N/c1-7-12(6)8-11(9(2)3)10(4)5/h9-11H,7-8H2,1-6H3. The fraction of sp³-hybridized carbons (Fsp3) is 1.00. The van der Waals surface area contributed by atoms with E-state index in [2.05, 4.69) is 46.6 Å². The molecule has 0 N–H and O–H groups in total. The second-order valence-electron chi connectivity index (χ2n) is 4.51. The van der Waals surface area contributed by atoms with Crippen LogP contribution in [-0.4, -0.2) is 25.0 Å². The Morgan fingerprint density at radius 2 is 1.42 bits per heavy atom. The van der Waals surface area contributed by atoms with E-state index >= 15 is 0 Å². The molecule has 0 rings (SSSR count). The van der Waals surface area contributed by atoms with Crippen molar-refractivity contribution in [3.8, 4) is 0 Å². The first-order valence-electron chi connectivity index (χ1n) is 5.17. The highest BCUT2D eigenvalue weighted by Crippen LogP contribution is 2.20. The van der Waals surface area contributed by atoms with Crippen molar-refractivity contribution in [2.24, 2.45) is 17.8 Å². The van der Waals surface area contributed by atoms with Gasteiger partial charge in [0.05, 0.1) is 0 Å². The molecule has 0 heterocycles. The summed E-state index contributed by atoms with van der Waals surface area (Å²) in [5.41, 5.74) is 0. The van der Waals surface area contributed by atoms with E-state index in [-0.39, 0.29) is 0 Å². The molecular formula is C11H25N. The lowest BCUT2D eigenvalue weighted by molar-refractivity contribution is 0.196. The minimum absolute atomic E-state index is 0.805. The van der Waals surface area contributed by atoms with Gasteiger partial charge in [-0.2, -0.15) is 0 Å². The topological polar surface area (TPSA) is 3.24 Å². The Morgan fingerprint density at radius 1 is 1.00 bits per heavy atom. The van der Waals surface area contributed by atoms with Crippen molar-refractivity contribution in [3.05, 3.63) is 0 Å². The molecule has 0 bridgehead atoms. The van der Waals surface area contributed by atoms with Gasteiger partial charge < -0.3 is 4.90 Å². The molecule has 0 fully saturated rings. The highest BCUT2D eigenvalue weighted by atomic mass is 15.1. The second kappa shape index (κ2) is 5.58. The Balaban J connectivity index is 3.95. The predicted octanol–water partition coefficient (Wildman–Crippen LogP) is 2.87. The van der Waals surface area contributed by atoms with Crippen LogP contribution in [0.2, 0.25) is 0 Å². The van der Waals surface area contributed by atoms with Crippen molar-refractivity contribution in [3.63, 3.8) is 0 Å². The molecule has 0 aromatic carbocycles. The molecule has 0 aliphatic carbocycles. The molecular weight excluding hydrogens is 146 g/mol. The van der Waals surface area contributed by atoms with Crippen LogP contribution in [0.15, 0.2) is 0 Å². The van der Waals surface area contributed by atoms with E-state index in [0.717, 1.165) is 24.3 Å². The van der Waals surface area contributed by atoms with Gasteiger partial charge in [-0.15, -0.1) is 0 Å². The van der Waals surface area contributed by atoms with E-state index < -0.39 is 0 Å². The second-order valence-corrected chi connectivity index (χ2v) is 4.51. The minimum atomic E-state index is 0.805. The van der Waals surface area contributed by atoms with E-state index in [0.29, 0.717) is 0 Å². The van der Waals surface area contributed by atoms with E-state index in [1.165, 1.54) is 6.54 Å². The molecule has 0 saturated carbocycles. The van der Waals surface area contributed by atoms with Crippen molar-refractivity contribution in [2.75, 3.05) is 20.1 Å². The Hall–Kier alpha value is -0.0400. The number of hydrogen-bond donors (Lipinski definition) is 0. The van der Waals surface area contributed by atoms with Crippen LogP contribution in [0.1, 0.15) is 34.6 Å². The van der Waals surface area contributed by atoms with Crippen molar-refractivity contribution < 1.29 is 0 Å². The fourth-order valence-corrected chi connectivity index (χ4v) is 1.68. The van der Waals surface area contributed by atoms with Crippen molar-refractivity contribution in [1.29, 1.82) is 0 Å². The SMILES string of the molecule is CCN(C)CC(C(C)C)C(C)C. The highest BCUT2D eigenvalue weighted by molar-refractivity contribution is 4.69. The van der Waals surface area contributed by atoms with Gasteiger partial charge in [0.25, 0.3) is 0 Å². The first kappa shape index (κ1) is 12.0. The Kier molecular flexibility index (Phi) is 5.56. The maximum absolute atomic E-state index is 2.41. The van der Waals surface area contributed by atoms with Crippen LogP contribution in [0, 0.1) is 17.8 Å². The smallest absolute Gasteiger partial charge is 0.00114 e. The van der Waals surface area contributed by atoms with Crippen molar-refractivity contribution in [1.82, 2.24) is 4.90 Å². The Bertz CT molecular complexity index is 99.6. The van der Waals surface area contributed by atoms with Crippen LogP contribution in [0.25, 0.3) is 0 Å². The largest absolute Gasteiger partial charge is 0.306 e. The van der Waals surface area contributed by atoms with Crippen molar-refractivity contribution in [2.45, 2.75) is 34.6 Å². The summed E-state index contributed by atoms with van der Waals surface area (Å²) in [6.07, 6.45) is 0. The first-order valence-corrected chi connectivity index (χ1v) is 5.17. The quantitative estimate of drug-likeness (QED) is 0.615. The summed E-state index contributed by atoms with van der Waals surface area (Å²) in [7, 11) is 2.21. The van der Waals surface area contributed by atoms with Crippen LogP contribution in [-0.2, 0) is 0 Å². The Labute approximate surface area is 78.1 Å². The third-order valence-corrected chi connectivity index (χ3v) is 2.77. The summed E-state index contributed by atoms with van der Waals surface area (Å²) in [6, 6.07) is 0. The zero-order chi connectivity index (χ0) is 9.72. The van der Waals surface area contributed by atoms with Gasteiger partial charge >= 0.3 is 0 Å². The van der Waals surface area contributed by atoms with Crippen LogP contribution in [0.4, 0.5) is 0 Å². The molecule has 0 unspecified atom stereocenters. The molecule has 0 aliphatic heterocycles. The third-order valence-electron chi connectivity index (χ3n) is 2.77. The zero-order valence-electron chi connectivity index (χ0n) is 9.59. The van der Waals surface area contributed by atoms with Gasteiger partial charge in [-0.1, -0.05) is 34.6 Å². The highest BCUT2D eigenvalue weighted by Gasteiger charge is 2.18. The first-order chi connectivity index (χ1) is 5.49. The van der Waals surface area contributed by atoms with Crippen LogP contribution < -0.4 is 0 Å². The molecule has 12 heavy (non-hydrogen) atoms. The van der Waals surface area contributed by atoms with Crippen molar-refractivity contribution >= 4 is 0 Å². The summed E-state index contributed by atoms with van der Waals surface area (Å²) in [5, 5.41) is 0. The van der Waals surface area contributed by atoms with Crippen LogP contribution in [0.5, 0.6) is 0 Å². The van der Waals surface area contributed by atoms with Gasteiger partial charge in [0.1, 0.15) is 0 Å². The van der Waals surface area contributed by atoms with Gasteiger partial charge in [-0.3, -0.25) is 0 Å². The molecule has 0 saturated heterocycles. The fourth-order valence-electron chi connectivity index (χ4n) is 1.68. The predicted molar refractivity (Wildman–Crippen MR) is 56.3 cm³/mol. The van der Waals surface area contributed by atoms with E-state index in [1.54, 1.807) is 0 Å². The molecule has 0 aromatic heterocycles. The van der Waals surface area contributed by atoms with Gasteiger partial charge in [0, 0.05) is 6.54 Å². The average Bonchev–Trinajstić information content (AvgIpc) is 1.98. The lowest BCUT2D eigenvalue weighted by Gasteiger charge is -2.29. The maximum Gasteiger partial charge on any atom is 0.00114 e. The normalized spacial score (nSPS) is 12.5. The molecule has 0 atom stereocenters. The molecule has 1 nitrogen and oxygen atoms in total. The van der Waals surface area contributed by atoms with Crippen LogP contribution in [0.3, 0.4) is 0 Å². The van der Waals surface area contributed by atoms with Gasteiger partial charge in [-0.25, -0.2) is 0 Å². The van der Waals surface area contributed by atoms with E-state index in [9.17, 15) is 0 Å². The molecule has 0 aromatic rings. The van der Waals surface area contributed by atoms with Gasteiger partial charge in [0.2, 0.25) is 0 Å². The lowest BCUT2D eigenvalue weighted by atomic mass is 9.85. The van der Waals surface area contributed by atoms with Gasteiger partial charge in [0.15, 0.2) is 0 Å². The number of rotatable bonds is 5. The summed E-state index contributed by atoms with van der Waals surface area (Å²) >= 11 is 0. The number of nitrogens with zero attached hydrogens (tertiary/aromatic N) is 1. The van der Waals surface area contributed by atoms with E-state index in [1.807, 2.05) is 0 Å². The number of hydrogen-bond acceptors (Lipinski definition) is 1. The summed E-state index contributed by atoms with van der Waals surface area (Å²) in [4.78, 5) is 2.41.